The summed E-state index contributed by atoms with van der Waals surface area (Å²) in [7, 11) is -2.01. The molecule has 0 bridgehead atoms. The molecular weight excluding hydrogens is 310 g/mol. The number of nitrogens with zero attached hydrogens (tertiary/aromatic N) is 1. The summed E-state index contributed by atoms with van der Waals surface area (Å²) in [4.78, 5) is 11.2. The van der Waals surface area contributed by atoms with Gasteiger partial charge in [0.25, 0.3) is 10.0 Å². The number of carboxylic acids is 1. The SMILES string of the molecule is Cc1cc(S(=O)(=O)N(C)C2CCCCC2C)sc1C(=O)O. The van der Waals surface area contributed by atoms with Gasteiger partial charge < -0.3 is 5.11 Å². The van der Waals surface area contributed by atoms with Crippen molar-refractivity contribution < 1.29 is 18.3 Å². The van der Waals surface area contributed by atoms with E-state index in [4.69, 9.17) is 5.11 Å². The third-order valence-corrected chi connectivity index (χ3v) is 7.81. The molecule has 1 saturated carbocycles. The third kappa shape index (κ3) is 3.14. The first kappa shape index (κ1) is 16.5. The fourth-order valence-electron chi connectivity index (χ4n) is 2.95. The minimum absolute atomic E-state index is 0.000524. The Bertz CT molecular complexity index is 635. The molecule has 1 N–H and O–H groups in total. The first-order valence-electron chi connectivity index (χ1n) is 7.07. The summed E-state index contributed by atoms with van der Waals surface area (Å²) in [6.07, 6.45) is 4.09. The highest BCUT2D eigenvalue weighted by Crippen LogP contribution is 2.33. The number of hydrogen-bond acceptors (Lipinski definition) is 4. The van der Waals surface area contributed by atoms with E-state index in [1.54, 1.807) is 14.0 Å². The van der Waals surface area contributed by atoms with Gasteiger partial charge in [-0.1, -0.05) is 19.8 Å². The Morgan fingerprint density at radius 2 is 2.00 bits per heavy atom. The van der Waals surface area contributed by atoms with Crippen LogP contribution in [-0.4, -0.2) is 36.9 Å². The molecule has 1 aromatic rings. The van der Waals surface area contributed by atoms with Crippen LogP contribution in [0.3, 0.4) is 0 Å². The van der Waals surface area contributed by atoms with Crippen molar-refractivity contribution in [2.45, 2.75) is 49.8 Å². The van der Waals surface area contributed by atoms with Crippen LogP contribution in [0.5, 0.6) is 0 Å². The predicted octanol–water partition coefficient (Wildman–Crippen LogP) is 2.95. The van der Waals surface area contributed by atoms with Crippen molar-refractivity contribution >= 4 is 27.3 Å². The molecule has 0 spiro atoms. The van der Waals surface area contributed by atoms with E-state index >= 15 is 0 Å². The maximum absolute atomic E-state index is 12.7. The summed E-state index contributed by atoms with van der Waals surface area (Å²) in [6.45, 7) is 3.71. The zero-order valence-corrected chi connectivity index (χ0v) is 14.1. The molecule has 1 aromatic heterocycles. The lowest BCUT2D eigenvalue weighted by Crippen LogP contribution is -2.42. The molecule has 2 unspecified atom stereocenters. The maximum atomic E-state index is 12.7. The second-order valence-corrected chi connectivity index (χ2v) is 9.01. The average Bonchev–Trinajstić information content (AvgIpc) is 2.81. The largest absolute Gasteiger partial charge is 0.477 e. The summed E-state index contributed by atoms with van der Waals surface area (Å²) >= 11 is 0.839. The van der Waals surface area contributed by atoms with Crippen LogP contribution in [0.2, 0.25) is 0 Å². The second-order valence-electron chi connectivity index (χ2n) is 5.73. The molecule has 118 valence electrons. The topological polar surface area (TPSA) is 74.7 Å². The standard InChI is InChI=1S/C14H21NO4S2/c1-9-6-4-5-7-11(9)15(3)21(18,19)12-8-10(2)13(20-12)14(16)17/h8-9,11H,4-7H2,1-3H3,(H,16,17). The Hall–Kier alpha value is -0.920. The Morgan fingerprint density at radius 3 is 2.52 bits per heavy atom. The quantitative estimate of drug-likeness (QED) is 0.920. The smallest absolute Gasteiger partial charge is 0.346 e. The van der Waals surface area contributed by atoms with Crippen molar-refractivity contribution in [2.75, 3.05) is 7.05 Å². The maximum Gasteiger partial charge on any atom is 0.346 e. The predicted molar refractivity (Wildman–Crippen MR) is 82.4 cm³/mol. The van der Waals surface area contributed by atoms with Crippen molar-refractivity contribution in [2.24, 2.45) is 5.92 Å². The molecule has 0 saturated heterocycles. The van der Waals surface area contributed by atoms with Crippen LogP contribution >= 0.6 is 11.3 Å². The normalized spacial score (nSPS) is 23.4. The fraction of sp³-hybridized carbons (Fsp3) is 0.643. The molecule has 2 atom stereocenters. The average molecular weight is 331 g/mol. The zero-order chi connectivity index (χ0) is 15.8. The van der Waals surface area contributed by atoms with E-state index in [-0.39, 0.29) is 15.1 Å². The summed E-state index contributed by atoms with van der Waals surface area (Å²) in [5.74, 6) is -0.744. The number of aryl methyl sites for hydroxylation is 1. The van der Waals surface area contributed by atoms with Gasteiger partial charge in [0, 0.05) is 13.1 Å². The van der Waals surface area contributed by atoms with Crippen LogP contribution in [0.4, 0.5) is 0 Å². The van der Waals surface area contributed by atoms with Crippen molar-refractivity contribution in [3.8, 4) is 0 Å². The number of rotatable bonds is 4. The molecule has 0 amide bonds. The first-order chi connectivity index (χ1) is 9.75. The van der Waals surface area contributed by atoms with Gasteiger partial charge in [-0.15, -0.1) is 11.3 Å². The Balaban J connectivity index is 2.32. The van der Waals surface area contributed by atoms with Gasteiger partial charge in [-0.25, -0.2) is 13.2 Å². The van der Waals surface area contributed by atoms with E-state index in [2.05, 4.69) is 6.92 Å². The van der Waals surface area contributed by atoms with Gasteiger partial charge in [-0.2, -0.15) is 4.31 Å². The van der Waals surface area contributed by atoms with Crippen LogP contribution in [0.25, 0.3) is 0 Å². The highest BCUT2D eigenvalue weighted by Gasteiger charge is 2.34. The second kappa shape index (κ2) is 6.06. The van der Waals surface area contributed by atoms with Crippen molar-refractivity contribution in [3.05, 3.63) is 16.5 Å². The molecule has 0 aliphatic heterocycles. The highest BCUT2D eigenvalue weighted by atomic mass is 32.2. The van der Waals surface area contributed by atoms with Crippen molar-refractivity contribution in [3.63, 3.8) is 0 Å². The third-order valence-electron chi connectivity index (χ3n) is 4.26. The van der Waals surface area contributed by atoms with Gasteiger partial charge in [-0.3, -0.25) is 0 Å². The van der Waals surface area contributed by atoms with E-state index < -0.39 is 16.0 Å². The molecule has 5 nitrogen and oxygen atoms in total. The number of carbonyl (C=O) groups is 1. The Kier molecular flexibility index (Phi) is 4.75. The lowest BCUT2D eigenvalue weighted by Gasteiger charge is -2.35. The lowest BCUT2D eigenvalue weighted by molar-refractivity contribution is 0.0701. The van der Waals surface area contributed by atoms with Crippen LogP contribution in [0, 0.1) is 12.8 Å². The molecule has 1 fully saturated rings. The fourth-order valence-corrected chi connectivity index (χ4v) is 6.00. The van der Waals surface area contributed by atoms with E-state index in [1.165, 1.54) is 10.4 Å². The molecular formula is C14H21NO4S2. The number of aromatic carboxylic acids is 1. The van der Waals surface area contributed by atoms with E-state index in [0.29, 0.717) is 11.5 Å². The van der Waals surface area contributed by atoms with Gasteiger partial charge >= 0.3 is 5.97 Å². The molecule has 1 aliphatic carbocycles. The van der Waals surface area contributed by atoms with Gasteiger partial charge in [0.2, 0.25) is 0 Å². The summed E-state index contributed by atoms with van der Waals surface area (Å²) in [5, 5.41) is 9.08. The van der Waals surface area contributed by atoms with Crippen LogP contribution in [-0.2, 0) is 10.0 Å². The summed E-state index contributed by atoms with van der Waals surface area (Å²) in [6, 6.07) is 1.47. The van der Waals surface area contributed by atoms with E-state index in [0.717, 1.165) is 37.0 Å². The number of hydrogen-bond donors (Lipinski definition) is 1. The number of carboxylic acid groups (broad SMARTS) is 1. The summed E-state index contributed by atoms with van der Waals surface area (Å²) in [5.41, 5.74) is 0.496. The highest BCUT2D eigenvalue weighted by molar-refractivity contribution is 7.91. The number of thiophene rings is 1. The van der Waals surface area contributed by atoms with Crippen molar-refractivity contribution in [1.29, 1.82) is 0 Å². The molecule has 2 rings (SSSR count). The number of sulfonamides is 1. The van der Waals surface area contributed by atoms with Crippen LogP contribution in [0.15, 0.2) is 10.3 Å². The Morgan fingerprint density at radius 1 is 1.38 bits per heavy atom. The minimum atomic E-state index is -3.62. The minimum Gasteiger partial charge on any atom is -0.477 e. The van der Waals surface area contributed by atoms with E-state index in [1.807, 2.05) is 0 Å². The van der Waals surface area contributed by atoms with E-state index in [9.17, 15) is 13.2 Å². The zero-order valence-electron chi connectivity index (χ0n) is 12.5. The lowest BCUT2D eigenvalue weighted by atomic mass is 9.86. The Labute approximate surface area is 129 Å². The van der Waals surface area contributed by atoms with Crippen molar-refractivity contribution in [1.82, 2.24) is 4.31 Å². The molecule has 1 aliphatic rings. The molecule has 0 radical (unpaired) electrons. The first-order valence-corrected chi connectivity index (χ1v) is 9.32. The van der Waals surface area contributed by atoms with Crippen LogP contribution in [0.1, 0.15) is 47.8 Å². The van der Waals surface area contributed by atoms with Gasteiger partial charge in [0.15, 0.2) is 0 Å². The van der Waals surface area contributed by atoms with Gasteiger partial charge in [-0.05, 0) is 37.3 Å². The van der Waals surface area contributed by atoms with Crippen LogP contribution < -0.4 is 0 Å². The molecule has 0 aromatic carbocycles. The molecule has 21 heavy (non-hydrogen) atoms. The monoisotopic (exact) mass is 331 g/mol. The van der Waals surface area contributed by atoms with Gasteiger partial charge in [0.1, 0.15) is 9.09 Å². The van der Waals surface area contributed by atoms with Gasteiger partial charge in [0.05, 0.1) is 0 Å². The molecule has 7 heteroatoms. The molecule has 1 heterocycles. The summed E-state index contributed by atoms with van der Waals surface area (Å²) < 4.78 is 27.0.